The molecule has 0 radical (unpaired) electrons. The molecule has 22 heavy (non-hydrogen) atoms. The van der Waals surface area contributed by atoms with Crippen molar-refractivity contribution in [2.45, 2.75) is 46.3 Å². The number of aromatic nitrogens is 2. The van der Waals surface area contributed by atoms with E-state index in [1.54, 1.807) is 6.20 Å². The Kier molecular flexibility index (Phi) is 4.31. The Bertz CT molecular complexity index is 614. The molecule has 1 atom stereocenters. The van der Waals surface area contributed by atoms with E-state index in [0.29, 0.717) is 6.04 Å². The quantitative estimate of drug-likeness (QED) is 0.845. The van der Waals surface area contributed by atoms with Crippen molar-refractivity contribution in [1.82, 2.24) is 19.9 Å². The first-order chi connectivity index (χ1) is 10.5. The molecule has 6 heteroatoms. The van der Waals surface area contributed by atoms with Crippen molar-refractivity contribution in [1.29, 1.82) is 0 Å². The molecule has 0 aromatic carbocycles. The average Bonchev–Trinajstić information content (AvgIpc) is 3.15. The monoisotopic (exact) mass is 304 g/mol. The SMILES string of the molecule is Cc1cnc(CN(Cc2c(C)noc2C)C2CCN(C)C2)o1. The Morgan fingerprint density at radius 3 is 2.68 bits per heavy atom. The van der Waals surface area contributed by atoms with Crippen molar-refractivity contribution in [3.05, 3.63) is 34.9 Å². The fourth-order valence-corrected chi connectivity index (χ4v) is 3.10. The lowest BCUT2D eigenvalue weighted by Gasteiger charge is -2.27. The van der Waals surface area contributed by atoms with Gasteiger partial charge in [0.15, 0.2) is 0 Å². The minimum atomic E-state index is 0.505. The fraction of sp³-hybridized carbons (Fsp3) is 0.625. The molecular weight excluding hydrogens is 280 g/mol. The number of rotatable bonds is 5. The maximum absolute atomic E-state index is 5.67. The molecule has 6 nitrogen and oxygen atoms in total. The fourth-order valence-electron chi connectivity index (χ4n) is 3.10. The molecule has 0 saturated carbocycles. The summed E-state index contributed by atoms with van der Waals surface area (Å²) in [5.74, 6) is 2.53. The van der Waals surface area contributed by atoms with Crippen LogP contribution in [0.3, 0.4) is 0 Å². The highest BCUT2D eigenvalue weighted by Gasteiger charge is 2.28. The number of nitrogens with zero attached hydrogens (tertiary/aromatic N) is 4. The third kappa shape index (κ3) is 3.23. The average molecular weight is 304 g/mol. The van der Waals surface area contributed by atoms with E-state index >= 15 is 0 Å². The number of hydrogen-bond acceptors (Lipinski definition) is 6. The summed E-state index contributed by atoms with van der Waals surface area (Å²) in [5.41, 5.74) is 2.15. The molecule has 2 aromatic heterocycles. The van der Waals surface area contributed by atoms with Crippen LogP contribution in [0, 0.1) is 20.8 Å². The first-order valence-electron chi connectivity index (χ1n) is 7.78. The Labute approximate surface area is 131 Å². The molecule has 0 aliphatic carbocycles. The lowest BCUT2D eigenvalue weighted by Crippen LogP contribution is -2.36. The highest BCUT2D eigenvalue weighted by molar-refractivity contribution is 5.20. The number of oxazole rings is 1. The van der Waals surface area contributed by atoms with Crippen LogP contribution in [0.25, 0.3) is 0 Å². The van der Waals surface area contributed by atoms with Crippen LogP contribution in [0.2, 0.25) is 0 Å². The largest absolute Gasteiger partial charge is 0.445 e. The predicted octanol–water partition coefficient (Wildman–Crippen LogP) is 2.29. The van der Waals surface area contributed by atoms with Crippen LogP contribution >= 0.6 is 0 Å². The number of aryl methyl sites for hydroxylation is 3. The highest BCUT2D eigenvalue weighted by Crippen LogP contribution is 2.22. The maximum atomic E-state index is 5.67. The van der Waals surface area contributed by atoms with E-state index in [0.717, 1.165) is 49.3 Å². The van der Waals surface area contributed by atoms with Gasteiger partial charge < -0.3 is 13.8 Å². The Morgan fingerprint density at radius 1 is 1.32 bits per heavy atom. The summed E-state index contributed by atoms with van der Waals surface area (Å²) in [6, 6.07) is 0.505. The van der Waals surface area contributed by atoms with Crippen LogP contribution in [-0.4, -0.2) is 46.1 Å². The highest BCUT2D eigenvalue weighted by atomic mass is 16.5. The Morgan fingerprint density at radius 2 is 2.14 bits per heavy atom. The van der Waals surface area contributed by atoms with Gasteiger partial charge in [0.05, 0.1) is 18.4 Å². The van der Waals surface area contributed by atoms with Crippen LogP contribution in [0.15, 0.2) is 15.1 Å². The topological polar surface area (TPSA) is 58.5 Å². The second kappa shape index (κ2) is 6.22. The molecule has 1 saturated heterocycles. The van der Waals surface area contributed by atoms with Gasteiger partial charge in [0.25, 0.3) is 0 Å². The molecule has 1 fully saturated rings. The molecular formula is C16H24N4O2. The lowest BCUT2D eigenvalue weighted by atomic mass is 10.1. The molecule has 1 aliphatic rings. The third-order valence-electron chi connectivity index (χ3n) is 4.43. The third-order valence-corrected chi connectivity index (χ3v) is 4.43. The van der Waals surface area contributed by atoms with Gasteiger partial charge in [-0.25, -0.2) is 4.98 Å². The number of hydrogen-bond donors (Lipinski definition) is 0. The van der Waals surface area contributed by atoms with Gasteiger partial charge in [0.2, 0.25) is 5.89 Å². The molecule has 2 aromatic rings. The van der Waals surface area contributed by atoms with Gasteiger partial charge >= 0.3 is 0 Å². The van der Waals surface area contributed by atoms with Crippen LogP contribution in [-0.2, 0) is 13.1 Å². The second-order valence-corrected chi connectivity index (χ2v) is 6.28. The van der Waals surface area contributed by atoms with Crippen molar-refractivity contribution >= 4 is 0 Å². The van der Waals surface area contributed by atoms with Crippen LogP contribution in [0.1, 0.15) is 35.1 Å². The van der Waals surface area contributed by atoms with Gasteiger partial charge in [-0.05, 0) is 40.8 Å². The number of likely N-dealkylation sites (tertiary alicyclic amines) is 1. The van der Waals surface area contributed by atoms with Gasteiger partial charge in [0, 0.05) is 24.7 Å². The van der Waals surface area contributed by atoms with Crippen LogP contribution < -0.4 is 0 Å². The minimum absolute atomic E-state index is 0.505. The number of likely N-dealkylation sites (N-methyl/N-ethyl adjacent to an activating group) is 1. The van der Waals surface area contributed by atoms with Crippen molar-refractivity contribution in [3.63, 3.8) is 0 Å². The molecule has 0 N–H and O–H groups in total. The smallest absolute Gasteiger partial charge is 0.208 e. The van der Waals surface area contributed by atoms with E-state index in [4.69, 9.17) is 8.94 Å². The summed E-state index contributed by atoms with van der Waals surface area (Å²) in [6.07, 6.45) is 2.95. The molecule has 120 valence electrons. The van der Waals surface area contributed by atoms with E-state index < -0.39 is 0 Å². The van der Waals surface area contributed by atoms with E-state index in [1.807, 2.05) is 20.8 Å². The normalized spacial score (nSPS) is 19.4. The molecule has 3 heterocycles. The summed E-state index contributed by atoms with van der Waals surface area (Å²) in [6.45, 7) is 9.65. The van der Waals surface area contributed by atoms with E-state index in [9.17, 15) is 0 Å². The van der Waals surface area contributed by atoms with Crippen molar-refractivity contribution in [2.24, 2.45) is 0 Å². The van der Waals surface area contributed by atoms with Gasteiger partial charge in [-0.2, -0.15) is 0 Å². The molecule has 0 bridgehead atoms. The van der Waals surface area contributed by atoms with Crippen LogP contribution in [0.5, 0.6) is 0 Å². The summed E-state index contributed by atoms with van der Waals surface area (Å²) in [4.78, 5) is 9.16. The zero-order valence-corrected chi connectivity index (χ0v) is 13.8. The van der Waals surface area contributed by atoms with E-state index in [-0.39, 0.29) is 0 Å². The first kappa shape index (κ1) is 15.2. The summed E-state index contributed by atoms with van der Waals surface area (Å²) >= 11 is 0. The summed E-state index contributed by atoms with van der Waals surface area (Å²) in [5, 5.41) is 4.07. The summed E-state index contributed by atoms with van der Waals surface area (Å²) in [7, 11) is 2.17. The van der Waals surface area contributed by atoms with Gasteiger partial charge in [0.1, 0.15) is 11.5 Å². The van der Waals surface area contributed by atoms with E-state index in [1.165, 1.54) is 12.0 Å². The van der Waals surface area contributed by atoms with Crippen LogP contribution in [0.4, 0.5) is 0 Å². The standard InChI is InChI=1S/C16H24N4O2/c1-11-7-17-16(21-11)10-20(14-5-6-19(4)8-14)9-15-12(2)18-22-13(15)3/h7,14H,5-6,8-10H2,1-4H3. The maximum Gasteiger partial charge on any atom is 0.208 e. The zero-order chi connectivity index (χ0) is 15.7. The minimum Gasteiger partial charge on any atom is -0.445 e. The van der Waals surface area contributed by atoms with Gasteiger partial charge in [-0.15, -0.1) is 0 Å². The lowest BCUT2D eigenvalue weighted by molar-refractivity contribution is 0.162. The van der Waals surface area contributed by atoms with Crippen molar-refractivity contribution < 1.29 is 8.94 Å². The Hall–Kier alpha value is -1.66. The zero-order valence-electron chi connectivity index (χ0n) is 13.8. The predicted molar refractivity (Wildman–Crippen MR) is 82.4 cm³/mol. The first-order valence-corrected chi connectivity index (χ1v) is 7.78. The molecule has 1 aliphatic heterocycles. The second-order valence-electron chi connectivity index (χ2n) is 6.28. The van der Waals surface area contributed by atoms with Gasteiger partial charge in [-0.3, -0.25) is 4.90 Å². The van der Waals surface area contributed by atoms with Gasteiger partial charge in [-0.1, -0.05) is 5.16 Å². The molecule has 1 unspecified atom stereocenters. The van der Waals surface area contributed by atoms with Crippen molar-refractivity contribution in [3.8, 4) is 0 Å². The Balaban J connectivity index is 1.79. The van der Waals surface area contributed by atoms with Crippen molar-refractivity contribution in [2.75, 3.05) is 20.1 Å². The molecule has 0 spiro atoms. The molecule has 0 amide bonds. The summed E-state index contributed by atoms with van der Waals surface area (Å²) < 4.78 is 11.0. The van der Waals surface area contributed by atoms with E-state index in [2.05, 4.69) is 27.0 Å². The molecule has 3 rings (SSSR count).